The Morgan fingerprint density at radius 3 is 2.48 bits per heavy atom. The van der Waals surface area contributed by atoms with Crippen LogP contribution in [0.25, 0.3) is 5.69 Å². The first-order valence-corrected chi connectivity index (χ1v) is 9.00. The molecule has 0 saturated carbocycles. The maximum absolute atomic E-state index is 12.6. The van der Waals surface area contributed by atoms with Crippen molar-refractivity contribution >= 4 is 5.91 Å². The minimum Gasteiger partial charge on any atom is -0.340 e. The van der Waals surface area contributed by atoms with Crippen molar-refractivity contribution in [1.29, 1.82) is 0 Å². The lowest BCUT2D eigenvalue weighted by atomic mass is 10.1. The monoisotopic (exact) mass is 363 g/mol. The van der Waals surface area contributed by atoms with E-state index in [4.69, 9.17) is 0 Å². The molecule has 3 aromatic rings. The number of tetrazole rings is 1. The number of benzene rings is 1. The van der Waals surface area contributed by atoms with Gasteiger partial charge in [0.15, 0.2) is 0 Å². The van der Waals surface area contributed by atoms with Gasteiger partial charge >= 0.3 is 0 Å². The SMILES string of the molecule is O=C(Cc1ccc(-n2cnnn2)cc1)N1CCN(Cc2ccccn2)CC1. The van der Waals surface area contributed by atoms with Crippen molar-refractivity contribution in [2.75, 3.05) is 26.2 Å². The van der Waals surface area contributed by atoms with Crippen molar-refractivity contribution < 1.29 is 4.79 Å². The molecule has 1 amide bonds. The molecule has 1 aliphatic rings. The third-order valence-corrected chi connectivity index (χ3v) is 4.74. The summed E-state index contributed by atoms with van der Waals surface area (Å²) in [6.07, 6.45) is 3.78. The molecule has 0 unspecified atom stereocenters. The van der Waals surface area contributed by atoms with Crippen molar-refractivity contribution in [3.05, 3.63) is 66.2 Å². The molecule has 4 rings (SSSR count). The minimum atomic E-state index is 0.169. The van der Waals surface area contributed by atoms with Crippen LogP contribution in [-0.2, 0) is 17.8 Å². The summed E-state index contributed by atoms with van der Waals surface area (Å²) in [5.41, 5.74) is 2.94. The lowest BCUT2D eigenvalue weighted by molar-refractivity contribution is -0.132. The van der Waals surface area contributed by atoms with E-state index in [-0.39, 0.29) is 5.91 Å². The number of hydrogen-bond acceptors (Lipinski definition) is 6. The molecule has 0 atom stereocenters. The van der Waals surface area contributed by atoms with E-state index in [1.165, 1.54) is 0 Å². The third-order valence-electron chi connectivity index (χ3n) is 4.74. The topological polar surface area (TPSA) is 80.0 Å². The molecule has 1 aliphatic heterocycles. The lowest BCUT2D eigenvalue weighted by Crippen LogP contribution is -2.48. The van der Waals surface area contributed by atoms with Crippen molar-refractivity contribution in [2.45, 2.75) is 13.0 Å². The number of pyridine rings is 1. The van der Waals surface area contributed by atoms with Gasteiger partial charge in [0.2, 0.25) is 5.91 Å². The number of carbonyl (C=O) groups excluding carboxylic acids is 1. The molecule has 138 valence electrons. The molecule has 27 heavy (non-hydrogen) atoms. The second-order valence-electron chi connectivity index (χ2n) is 6.58. The summed E-state index contributed by atoms with van der Waals surface area (Å²) in [7, 11) is 0. The van der Waals surface area contributed by atoms with Crippen molar-refractivity contribution in [2.24, 2.45) is 0 Å². The number of aromatic nitrogens is 5. The summed E-state index contributed by atoms with van der Waals surface area (Å²) in [6, 6.07) is 13.7. The average molecular weight is 363 g/mol. The van der Waals surface area contributed by atoms with Crippen LogP contribution in [0.4, 0.5) is 0 Å². The van der Waals surface area contributed by atoms with Crippen LogP contribution in [0.15, 0.2) is 55.0 Å². The zero-order valence-electron chi connectivity index (χ0n) is 15.0. The number of piperazine rings is 1. The van der Waals surface area contributed by atoms with Crippen LogP contribution in [0.1, 0.15) is 11.3 Å². The van der Waals surface area contributed by atoms with Crippen LogP contribution in [0, 0.1) is 0 Å². The lowest BCUT2D eigenvalue weighted by Gasteiger charge is -2.34. The van der Waals surface area contributed by atoms with Gasteiger partial charge in [-0.1, -0.05) is 18.2 Å². The number of nitrogens with zero attached hydrogens (tertiary/aromatic N) is 7. The zero-order valence-corrected chi connectivity index (χ0v) is 15.0. The summed E-state index contributed by atoms with van der Waals surface area (Å²) in [5.74, 6) is 0.169. The second-order valence-corrected chi connectivity index (χ2v) is 6.58. The van der Waals surface area contributed by atoms with E-state index in [9.17, 15) is 4.79 Å². The van der Waals surface area contributed by atoms with Crippen LogP contribution in [-0.4, -0.2) is 67.1 Å². The van der Waals surface area contributed by atoms with E-state index in [0.717, 1.165) is 49.7 Å². The van der Waals surface area contributed by atoms with Gasteiger partial charge in [-0.3, -0.25) is 14.7 Å². The number of amides is 1. The highest BCUT2D eigenvalue weighted by molar-refractivity contribution is 5.79. The first-order valence-electron chi connectivity index (χ1n) is 9.00. The molecule has 0 N–H and O–H groups in total. The van der Waals surface area contributed by atoms with Gasteiger partial charge in [0, 0.05) is 38.9 Å². The Hall–Kier alpha value is -3.13. The van der Waals surface area contributed by atoms with Crippen LogP contribution in [0.3, 0.4) is 0 Å². The molecule has 0 spiro atoms. The maximum atomic E-state index is 12.6. The molecule has 0 bridgehead atoms. The molecule has 1 aromatic carbocycles. The molecule has 1 fully saturated rings. The molecular weight excluding hydrogens is 342 g/mol. The number of hydrogen-bond donors (Lipinski definition) is 0. The first kappa shape index (κ1) is 17.3. The van der Waals surface area contributed by atoms with E-state index in [1.54, 1.807) is 11.0 Å². The Morgan fingerprint density at radius 1 is 1.00 bits per heavy atom. The van der Waals surface area contributed by atoms with Gasteiger partial charge < -0.3 is 4.90 Å². The Labute approximate surface area is 157 Å². The van der Waals surface area contributed by atoms with Gasteiger partial charge in [-0.15, -0.1) is 5.10 Å². The van der Waals surface area contributed by atoms with Crippen LogP contribution >= 0.6 is 0 Å². The summed E-state index contributed by atoms with van der Waals surface area (Å²) >= 11 is 0. The number of carbonyl (C=O) groups is 1. The van der Waals surface area contributed by atoms with Gasteiger partial charge in [-0.25, -0.2) is 4.68 Å². The highest BCUT2D eigenvalue weighted by Crippen LogP contribution is 2.12. The van der Waals surface area contributed by atoms with Gasteiger partial charge in [0.1, 0.15) is 6.33 Å². The quantitative estimate of drug-likeness (QED) is 0.671. The maximum Gasteiger partial charge on any atom is 0.227 e. The van der Waals surface area contributed by atoms with Gasteiger partial charge in [-0.2, -0.15) is 0 Å². The summed E-state index contributed by atoms with van der Waals surface area (Å²) in [4.78, 5) is 21.3. The highest BCUT2D eigenvalue weighted by atomic mass is 16.2. The fourth-order valence-corrected chi connectivity index (χ4v) is 3.21. The molecule has 8 heteroatoms. The summed E-state index contributed by atoms with van der Waals surface area (Å²) in [5, 5.41) is 11.1. The van der Waals surface area contributed by atoms with E-state index >= 15 is 0 Å². The third kappa shape index (κ3) is 4.35. The molecular formula is C19H21N7O. The van der Waals surface area contributed by atoms with Crippen molar-refractivity contribution in [3.63, 3.8) is 0 Å². The Morgan fingerprint density at radius 2 is 1.81 bits per heavy atom. The fourth-order valence-electron chi connectivity index (χ4n) is 3.21. The van der Waals surface area contributed by atoms with E-state index in [2.05, 4.69) is 25.4 Å². The Bertz CT molecular complexity index is 857. The first-order chi connectivity index (χ1) is 13.3. The average Bonchev–Trinajstić information content (AvgIpc) is 3.25. The second kappa shape index (κ2) is 8.05. The summed E-state index contributed by atoms with van der Waals surface area (Å²) in [6.45, 7) is 4.10. The van der Waals surface area contributed by atoms with Gasteiger partial charge in [-0.05, 0) is 40.3 Å². The highest BCUT2D eigenvalue weighted by Gasteiger charge is 2.21. The largest absolute Gasteiger partial charge is 0.340 e. The van der Waals surface area contributed by atoms with Crippen LogP contribution in [0.5, 0.6) is 0 Å². The van der Waals surface area contributed by atoms with Crippen molar-refractivity contribution in [3.8, 4) is 5.69 Å². The van der Waals surface area contributed by atoms with Gasteiger partial charge in [0.25, 0.3) is 0 Å². The van der Waals surface area contributed by atoms with Gasteiger partial charge in [0.05, 0.1) is 17.8 Å². The summed E-state index contributed by atoms with van der Waals surface area (Å²) < 4.78 is 1.59. The Kier molecular flexibility index (Phi) is 5.15. The van der Waals surface area contributed by atoms with E-state index in [1.807, 2.05) is 53.6 Å². The number of rotatable bonds is 5. The fraction of sp³-hybridized carbons (Fsp3) is 0.316. The predicted octanol–water partition coefficient (Wildman–Crippen LogP) is 0.944. The van der Waals surface area contributed by atoms with Crippen LogP contribution in [0.2, 0.25) is 0 Å². The van der Waals surface area contributed by atoms with Crippen molar-refractivity contribution in [1.82, 2.24) is 35.0 Å². The molecule has 0 radical (unpaired) electrons. The predicted molar refractivity (Wildman–Crippen MR) is 99.0 cm³/mol. The Balaban J connectivity index is 1.28. The van der Waals surface area contributed by atoms with E-state index < -0.39 is 0 Å². The normalized spacial score (nSPS) is 15.0. The molecule has 1 saturated heterocycles. The van der Waals surface area contributed by atoms with Crippen LogP contribution < -0.4 is 0 Å². The molecule has 2 aromatic heterocycles. The van der Waals surface area contributed by atoms with E-state index in [0.29, 0.717) is 6.42 Å². The molecule has 8 nitrogen and oxygen atoms in total. The smallest absolute Gasteiger partial charge is 0.227 e. The molecule has 3 heterocycles. The zero-order chi connectivity index (χ0) is 18.5. The standard InChI is InChI=1S/C19H21N7O/c27-19(13-16-4-6-18(7-5-16)26-15-21-22-23-26)25-11-9-24(10-12-25)14-17-3-1-2-8-20-17/h1-8,15H,9-14H2. The minimum absolute atomic E-state index is 0.169. The molecule has 0 aliphatic carbocycles.